The molecule has 0 aliphatic carbocycles. The van der Waals surface area contributed by atoms with E-state index in [4.69, 9.17) is 9.47 Å². The van der Waals surface area contributed by atoms with Crippen LogP contribution >= 0.6 is 0 Å². The minimum atomic E-state index is -0.715. The molecule has 0 aromatic heterocycles. The second-order valence-electron chi connectivity index (χ2n) is 5.97. The fourth-order valence-corrected chi connectivity index (χ4v) is 3.29. The lowest BCUT2D eigenvalue weighted by molar-refractivity contribution is -0.384. The third kappa shape index (κ3) is 3.42. The van der Waals surface area contributed by atoms with Gasteiger partial charge in [-0.1, -0.05) is 12.1 Å². The van der Waals surface area contributed by atoms with Crippen LogP contribution in [0.3, 0.4) is 0 Å². The summed E-state index contributed by atoms with van der Waals surface area (Å²) in [6, 6.07) is 10.2. The molecule has 0 fully saturated rings. The van der Waals surface area contributed by atoms with Crippen molar-refractivity contribution in [2.45, 2.75) is 19.2 Å². The topological polar surface area (TPSA) is 85.1 Å². The Bertz CT molecular complexity index is 793. The molecule has 0 bridgehead atoms. The molecule has 0 amide bonds. The average molecular weight is 344 g/mol. The van der Waals surface area contributed by atoms with E-state index in [9.17, 15) is 15.2 Å². The Morgan fingerprint density at radius 3 is 2.64 bits per heavy atom. The zero-order chi connectivity index (χ0) is 18.0. The van der Waals surface area contributed by atoms with Gasteiger partial charge in [0.2, 0.25) is 0 Å². The number of fused-ring (bicyclic) bond motifs is 1. The van der Waals surface area contributed by atoms with E-state index in [2.05, 4.69) is 0 Å². The molecule has 132 valence electrons. The number of aliphatic hydroxyl groups is 1. The number of hydrogen-bond acceptors (Lipinski definition) is 6. The summed E-state index contributed by atoms with van der Waals surface area (Å²) in [6.45, 7) is 1.48. The highest BCUT2D eigenvalue weighted by molar-refractivity contribution is 5.51. The van der Waals surface area contributed by atoms with Crippen molar-refractivity contribution in [3.8, 4) is 11.5 Å². The lowest BCUT2D eigenvalue weighted by Crippen LogP contribution is -2.33. The molecule has 7 nitrogen and oxygen atoms in total. The number of nitro groups is 1. The van der Waals surface area contributed by atoms with E-state index in [1.807, 2.05) is 17.0 Å². The van der Waals surface area contributed by atoms with Crippen molar-refractivity contribution in [2.75, 3.05) is 20.8 Å². The molecule has 0 spiro atoms. The summed E-state index contributed by atoms with van der Waals surface area (Å²) in [5.74, 6) is 1.33. The quantitative estimate of drug-likeness (QED) is 0.663. The van der Waals surface area contributed by atoms with Crippen LogP contribution < -0.4 is 9.47 Å². The van der Waals surface area contributed by atoms with Crippen LogP contribution in [0.5, 0.6) is 11.5 Å². The third-order valence-electron chi connectivity index (χ3n) is 4.39. The van der Waals surface area contributed by atoms with E-state index in [-0.39, 0.29) is 5.69 Å². The first-order valence-electron chi connectivity index (χ1n) is 7.91. The van der Waals surface area contributed by atoms with Crippen LogP contribution in [0.2, 0.25) is 0 Å². The van der Waals surface area contributed by atoms with Gasteiger partial charge in [0.15, 0.2) is 0 Å². The number of nitro benzene ring substituents is 1. The molecule has 0 radical (unpaired) electrons. The number of hydrogen-bond donors (Lipinski definition) is 1. The van der Waals surface area contributed by atoms with Crippen molar-refractivity contribution in [3.63, 3.8) is 0 Å². The molecule has 2 aromatic carbocycles. The van der Waals surface area contributed by atoms with Crippen molar-refractivity contribution in [1.82, 2.24) is 4.90 Å². The lowest BCUT2D eigenvalue weighted by atomic mass is 9.95. The normalized spacial score (nSPS) is 17.0. The number of aliphatic hydroxyl groups excluding tert-OH is 1. The molecule has 0 saturated carbocycles. The molecule has 0 unspecified atom stereocenters. The molecular weight excluding hydrogens is 324 g/mol. The molecule has 1 N–H and O–H groups in total. The number of ether oxygens (including phenoxy) is 2. The van der Waals surface area contributed by atoms with Gasteiger partial charge >= 0.3 is 0 Å². The van der Waals surface area contributed by atoms with E-state index in [0.29, 0.717) is 31.1 Å². The third-order valence-corrected chi connectivity index (χ3v) is 4.39. The highest BCUT2D eigenvalue weighted by atomic mass is 16.6. The van der Waals surface area contributed by atoms with Crippen molar-refractivity contribution in [2.24, 2.45) is 0 Å². The lowest BCUT2D eigenvalue weighted by Gasteiger charge is -2.34. The summed E-state index contributed by atoms with van der Waals surface area (Å²) in [6.07, 6.45) is -0.715. The van der Waals surface area contributed by atoms with E-state index in [0.717, 1.165) is 16.7 Å². The van der Waals surface area contributed by atoms with Crippen molar-refractivity contribution < 1.29 is 19.5 Å². The second kappa shape index (κ2) is 7.08. The fourth-order valence-electron chi connectivity index (χ4n) is 3.29. The summed E-state index contributed by atoms with van der Waals surface area (Å²) in [5, 5.41) is 21.5. The maximum atomic E-state index is 10.9. The Morgan fingerprint density at radius 2 is 1.96 bits per heavy atom. The van der Waals surface area contributed by atoms with Gasteiger partial charge in [-0.2, -0.15) is 0 Å². The van der Waals surface area contributed by atoms with Crippen LogP contribution in [0.4, 0.5) is 5.69 Å². The average Bonchev–Trinajstić information content (AvgIpc) is 2.61. The highest BCUT2D eigenvalue weighted by Crippen LogP contribution is 2.39. The van der Waals surface area contributed by atoms with E-state index >= 15 is 0 Å². The van der Waals surface area contributed by atoms with Gasteiger partial charge in [0, 0.05) is 42.9 Å². The fraction of sp³-hybridized carbons (Fsp3) is 0.333. The van der Waals surface area contributed by atoms with Gasteiger partial charge in [-0.25, -0.2) is 0 Å². The molecule has 7 heteroatoms. The summed E-state index contributed by atoms with van der Waals surface area (Å²) >= 11 is 0. The predicted octanol–water partition coefficient (Wildman–Crippen LogP) is 2.66. The van der Waals surface area contributed by atoms with Crippen molar-refractivity contribution >= 4 is 5.69 Å². The number of rotatable bonds is 5. The Kier molecular flexibility index (Phi) is 4.87. The van der Waals surface area contributed by atoms with E-state index in [1.165, 1.54) is 6.07 Å². The predicted molar refractivity (Wildman–Crippen MR) is 91.7 cm³/mol. The molecule has 2 aromatic rings. The van der Waals surface area contributed by atoms with Gasteiger partial charge < -0.3 is 14.6 Å². The van der Waals surface area contributed by atoms with Gasteiger partial charge in [0.1, 0.15) is 11.5 Å². The Hall–Kier alpha value is -2.64. The van der Waals surface area contributed by atoms with Gasteiger partial charge in [-0.05, 0) is 17.7 Å². The number of nitrogens with zero attached hydrogens (tertiary/aromatic N) is 2. The van der Waals surface area contributed by atoms with Crippen LogP contribution in [-0.4, -0.2) is 35.7 Å². The first-order chi connectivity index (χ1) is 12.0. The minimum Gasteiger partial charge on any atom is -0.496 e. The van der Waals surface area contributed by atoms with Crippen LogP contribution in [0, 0.1) is 10.1 Å². The summed E-state index contributed by atoms with van der Waals surface area (Å²) in [7, 11) is 3.16. The molecule has 1 heterocycles. The summed E-state index contributed by atoms with van der Waals surface area (Å²) < 4.78 is 10.8. The van der Waals surface area contributed by atoms with Crippen LogP contribution in [0.15, 0.2) is 36.4 Å². The molecule has 1 aliphatic heterocycles. The zero-order valence-corrected chi connectivity index (χ0v) is 14.1. The standard InChI is InChI=1S/C18H20N2O5/c1-24-16-6-7-17(25-2)18-14(16)10-19(11-15(18)21)9-12-4-3-5-13(8-12)20(22)23/h3-8,15,21H,9-11H2,1-2H3/t15-/m0/s1. The number of non-ortho nitro benzene ring substituents is 1. The Morgan fingerprint density at radius 1 is 1.24 bits per heavy atom. The van der Waals surface area contributed by atoms with Crippen molar-refractivity contribution in [3.05, 3.63) is 63.2 Å². The van der Waals surface area contributed by atoms with E-state index < -0.39 is 11.0 Å². The van der Waals surface area contributed by atoms with Gasteiger partial charge in [0.05, 0.1) is 25.2 Å². The van der Waals surface area contributed by atoms with Crippen LogP contribution in [0.1, 0.15) is 22.8 Å². The van der Waals surface area contributed by atoms with Crippen molar-refractivity contribution in [1.29, 1.82) is 0 Å². The number of β-amino-alcohol motifs (C(OH)–C–C–N with tert-alkyl or cyclic N) is 1. The summed E-state index contributed by atoms with van der Waals surface area (Å²) in [5.41, 5.74) is 2.52. The minimum absolute atomic E-state index is 0.0645. The largest absolute Gasteiger partial charge is 0.496 e. The molecule has 3 rings (SSSR count). The second-order valence-corrected chi connectivity index (χ2v) is 5.97. The maximum absolute atomic E-state index is 10.9. The van der Waals surface area contributed by atoms with Gasteiger partial charge in [-0.15, -0.1) is 0 Å². The number of benzene rings is 2. The molecular formula is C18H20N2O5. The molecule has 25 heavy (non-hydrogen) atoms. The van der Waals surface area contributed by atoms with Gasteiger partial charge in [0.25, 0.3) is 5.69 Å². The molecule has 1 atom stereocenters. The first-order valence-corrected chi connectivity index (χ1v) is 7.91. The van der Waals surface area contributed by atoms with E-state index in [1.54, 1.807) is 32.4 Å². The smallest absolute Gasteiger partial charge is 0.269 e. The van der Waals surface area contributed by atoms with Crippen LogP contribution in [0.25, 0.3) is 0 Å². The SMILES string of the molecule is COc1ccc(OC)c2c1CN(Cc1cccc([N+](=O)[O-])c1)C[C@@H]2O. The monoisotopic (exact) mass is 344 g/mol. The van der Waals surface area contributed by atoms with Gasteiger partial charge in [-0.3, -0.25) is 15.0 Å². The molecule has 0 saturated heterocycles. The Balaban J connectivity index is 1.88. The number of methoxy groups -OCH3 is 2. The zero-order valence-electron chi connectivity index (χ0n) is 14.1. The maximum Gasteiger partial charge on any atom is 0.269 e. The Labute approximate surface area is 145 Å². The highest BCUT2D eigenvalue weighted by Gasteiger charge is 2.29. The molecule has 1 aliphatic rings. The first kappa shape index (κ1) is 17.2. The summed E-state index contributed by atoms with van der Waals surface area (Å²) in [4.78, 5) is 12.6. The van der Waals surface area contributed by atoms with Crippen LogP contribution in [-0.2, 0) is 13.1 Å².